The van der Waals surface area contributed by atoms with Gasteiger partial charge < -0.3 is 0 Å². The predicted octanol–water partition coefficient (Wildman–Crippen LogP) is 4.09. The number of halogens is 2. The van der Waals surface area contributed by atoms with E-state index in [1.807, 2.05) is 0 Å². The number of imide groups is 2. The predicted molar refractivity (Wildman–Crippen MR) is 120 cm³/mol. The van der Waals surface area contributed by atoms with Gasteiger partial charge in [0.25, 0.3) is 0 Å². The summed E-state index contributed by atoms with van der Waals surface area (Å²) in [7, 11) is 2.47. The third-order valence-electron chi connectivity index (χ3n) is 5.26. The maximum atomic E-state index is 13.2. The summed E-state index contributed by atoms with van der Waals surface area (Å²) in [6.45, 7) is 0. The van der Waals surface area contributed by atoms with E-state index in [1.54, 1.807) is 48.5 Å². The van der Waals surface area contributed by atoms with Crippen molar-refractivity contribution >= 4 is 61.3 Å². The molecular weight excluding hydrogens is 532 g/mol. The number of ketones is 2. The van der Waals surface area contributed by atoms with E-state index >= 15 is 0 Å². The first-order chi connectivity index (χ1) is 14.6. The fourth-order valence-electron chi connectivity index (χ4n) is 3.52. The van der Waals surface area contributed by atoms with Crippen LogP contribution in [0, 0.1) is 5.41 Å². The second kappa shape index (κ2) is 8.84. The monoisotopic (exact) mass is 548 g/mol. The summed E-state index contributed by atoms with van der Waals surface area (Å²) in [5, 5.41) is 0. The second-order valence-electron chi connectivity index (χ2n) is 7.31. The standard InChI is InChI=1S/C22H18Br2N2O5/c1-25-19(29)22(20(30)26(2)21(25)31,11-17(27)13-3-7-15(23)8-4-13)12-18(28)14-5-9-16(24)10-6-14/h3-10H,11-12H2,1-2H3. The quantitative estimate of drug-likeness (QED) is 0.399. The third kappa shape index (κ3) is 4.38. The lowest BCUT2D eigenvalue weighted by atomic mass is 9.73. The minimum absolute atomic E-state index is 0.293. The number of benzene rings is 2. The molecule has 3 rings (SSSR count). The first-order valence-corrected chi connectivity index (χ1v) is 10.8. The zero-order chi connectivity index (χ0) is 22.9. The van der Waals surface area contributed by atoms with Crippen molar-refractivity contribution in [1.29, 1.82) is 0 Å². The molecule has 0 unspecified atom stereocenters. The zero-order valence-electron chi connectivity index (χ0n) is 16.7. The Kier molecular flexibility index (Phi) is 6.56. The smallest absolute Gasteiger partial charge is 0.294 e. The molecule has 1 aliphatic heterocycles. The van der Waals surface area contributed by atoms with Crippen molar-refractivity contribution in [3.8, 4) is 0 Å². The number of carbonyl (C=O) groups is 5. The van der Waals surface area contributed by atoms with E-state index in [4.69, 9.17) is 0 Å². The molecule has 31 heavy (non-hydrogen) atoms. The number of carbonyl (C=O) groups excluding carboxylic acids is 5. The minimum atomic E-state index is -2.01. The Bertz CT molecular complexity index is 995. The molecule has 9 heteroatoms. The Morgan fingerprint density at radius 3 is 1.35 bits per heavy atom. The van der Waals surface area contributed by atoms with Gasteiger partial charge >= 0.3 is 6.03 Å². The number of hydrogen-bond acceptors (Lipinski definition) is 5. The summed E-state index contributed by atoms with van der Waals surface area (Å²) in [5.41, 5.74) is -1.42. The lowest BCUT2D eigenvalue weighted by Crippen LogP contribution is -2.64. The molecule has 0 aromatic heterocycles. The molecule has 0 aliphatic carbocycles. The normalized spacial score (nSPS) is 15.9. The number of hydrogen-bond donors (Lipinski definition) is 0. The molecule has 1 aliphatic rings. The fraction of sp³-hybridized carbons (Fsp3) is 0.227. The van der Waals surface area contributed by atoms with E-state index < -0.39 is 47.7 Å². The molecule has 1 heterocycles. The van der Waals surface area contributed by atoms with E-state index in [9.17, 15) is 24.0 Å². The molecule has 4 amide bonds. The molecule has 0 radical (unpaired) electrons. The number of Topliss-reactive ketones (excluding diaryl/α,β-unsaturated/α-hetero) is 2. The van der Waals surface area contributed by atoms with Gasteiger partial charge in [-0.15, -0.1) is 0 Å². The van der Waals surface area contributed by atoms with Gasteiger partial charge in [0.15, 0.2) is 11.6 Å². The molecule has 7 nitrogen and oxygen atoms in total. The Morgan fingerprint density at radius 1 is 0.710 bits per heavy atom. The van der Waals surface area contributed by atoms with Crippen LogP contribution in [-0.4, -0.2) is 53.3 Å². The van der Waals surface area contributed by atoms with E-state index in [0.29, 0.717) is 11.1 Å². The Hall–Kier alpha value is -2.65. The van der Waals surface area contributed by atoms with Crippen LogP contribution in [0.2, 0.25) is 0 Å². The lowest BCUT2D eigenvalue weighted by molar-refractivity contribution is -0.156. The minimum Gasteiger partial charge on any atom is -0.294 e. The first kappa shape index (κ1) is 23.0. The highest BCUT2D eigenvalue weighted by atomic mass is 79.9. The van der Waals surface area contributed by atoms with Gasteiger partial charge in [-0.05, 0) is 24.3 Å². The Labute approximate surface area is 195 Å². The summed E-state index contributed by atoms with van der Waals surface area (Å²) >= 11 is 6.58. The van der Waals surface area contributed by atoms with Crippen molar-refractivity contribution in [2.24, 2.45) is 5.41 Å². The van der Waals surface area contributed by atoms with Crippen molar-refractivity contribution in [3.05, 3.63) is 68.6 Å². The van der Waals surface area contributed by atoms with E-state index in [-0.39, 0.29) is 0 Å². The van der Waals surface area contributed by atoms with Gasteiger partial charge in [-0.2, -0.15) is 0 Å². The molecule has 1 saturated heterocycles. The average Bonchev–Trinajstić information content (AvgIpc) is 2.75. The topological polar surface area (TPSA) is 91.8 Å². The van der Waals surface area contributed by atoms with Crippen LogP contribution in [0.3, 0.4) is 0 Å². The van der Waals surface area contributed by atoms with Crippen LogP contribution in [-0.2, 0) is 9.59 Å². The van der Waals surface area contributed by atoms with Gasteiger partial charge in [-0.3, -0.25) is 29.0 Å². The van der Waals surface area contributed by atoms with Crippen LogP contribution in [0.25, 0.3) is 0 Å². The molecule has 0 atom stereocenters. The SMILES string of the molecule is CN1C(=O)N(C)C(=O)C(CC(=O)c2ccc(Br)cc2)(CC(=O)c2ccc(Br)cc2)C1=O. The van der Waals surface area contributed by atoms with Crippen LogP contribution in [0.15, 0.2) is 57.5 Å². The number of rotatable bonds is 6. The van der Waals surface area contributed by atoms with E-state index in [0.717, 1.165) is 18.7 Å². The average molecular weight is 550 g/mol. The van der Waals surface area contributed by atoms with Gasteiger partial charge in [-0.25, -0.2) is 4.79 Å². The number of urea groups is 1. The maximum absolute atomic E-state index is 13.2. The number of nitrogens with zero attached hydrogens (tertiary/aromatic N) is 2. The first-order valence-electron chi connectivity index (χ1n) is 9.24. The summed E-state index contributed by atoms with van der Waals surface area (Å²) in [5.74, 6) is -2.68. The molecule has 2 aromatic carbocycles. The highest BCUT2D eigenvalue weighted by molar-refractivity contribution is 9.10. The summed E-state index contributed by atoms with van der Waals surface area (Å²) in [6.07, 6.45) is -1.06. The molecule has 2 aromatic rings. The Balaban J connectivity index is 2.03. The zero-order valence-corrected chi connectivity index (χ0v) is 19.9. The number of barbiturate groups is 1. The third-order valence-corrected chi connectivity index (χ3v) is 6.32. The molecule has 0 spiro atoms. The fourth-order valence-corrected chi connectivity index (χ4v) is 4.05. The van der Waals surface area contributed by atoms with Gasteiger partial charge in [0.05, 0.1) is 0 Å². The van der Waals surface area contributed by atoms with E-state index in [1.165, 1.54) is 14.1 Å². The molecule has 0 saturated carbocycles. The van der Waals surface area contributed by atoms with Gasteiger partial charge in [0.2, 0.25) is 11.8 Å². The molecular formula is C22H18Br2N2O5. The van der Waals surface area contributed by atoms with Crippen molar-refractivity contribution in [2.45, 2.75) is 12.8 Å². The van der Waals surface area contributed by atoms with Gasteiger partial charge in [0, 0.05) is 47.0 Å². The van der Waals surface area contributed by atoms with Crippen molar-refractivity contribution in [3.63, 3.8) is 0 Å². The number of amides is 4. The van der Waals surface area contributed by atoms with Gasteiger partial charge in [-0.1, -0.05) is 56.1 Å². The van der Waals surface area contributed by atoms with Crippen molar-refractivity contribution in [2.75, 3.05) is 14.1 Å². The van der Waals surface area contributed by atoms with Gasteiger partial charge in [0.1, 0.15) is 5.41 Å². The Morgan fingerprint density at radius 2 is 1.03 bits per heavy atom. The summed E-state index contributed by atoms with van der Waals surface area (Å²) in [6, 6.07) is 12.1. The van der Waals surface area contributed by atoms with Crippen LogP contribution in [0.4, 0.5) is 4.79 Å². The van der Waals surface area contributed by atoms with Crippen LogP contribution < -0.4 is 0 Å². The van der Waals surface area contributed by atoms with Crippen LogP contribution in [0.1, 0.15) is 33.6 Å². The highest BCUT2D eigenvalue weighted by Gasteiger charge is 2.57. The van der Waals surface area contributed by atoms with E-state index in [2.05, 4.69) is 31.9 Å². The largest absolute Gasteiger partial charge is 0.332 e. The highest BCUT2D eigenvalue weighted by Crippen LogP contribution is 2.38. The second-order valence-corrected chi connectivity index (χ2v) is 9.14. The van der Waals surface area contributed by atoms with Crippen LogP contribution in [0.5, 0.6) is 0 Å². The van der Waals surface area contributed by atoms with Crippen LogP contribution >= 0.6 is 31.9 Å². The lowest BCUT2D eigenvalue weighted by Gasteiger charge is -2.41. The van der Waals surface area contributed by atoms with Crippen molar-refractivity contribution < 1.29 is 24.0 Å². The summed E-state index contributed by atoms with van der Waals surface area (Å²) < 4.78 is 1.53. The summed E-state index contributed by atoms with van der Waals surface area (Å²) in [4.78, 5) is 66.2. The maximum Gasteiger partial charge on any atom is 0.332 e. The van der Waals surface area contributed by atoms with Crippen molar-refractivity contribution in [1.82, 2.24) is 9.80 Å². The molecule has 160 valence electrons. The molecule has 1 fully saturated rings. The molecule has 0 N–H and O–H groups in total. The molecule has 0 bridgehead atoms.